The second-order valence-electron chi connectivity index (χ2n) is 9.37. The molecule has 204 valence electrons. The van der Waals surface area contributed by atoms with Gasteiger partial charge < -0.3 is 24.6 Å². The van der Waals surface area contributed by atoms with Crippen LogP contribution in [0.2, 0.25) is 0 Å². The lowest BCUT2D eigenvalue weighted by atomic mass is 10.1. The van der Waals surface area contributed by atoms with Gasteiger partial charge in [-0.1, -0.05) is 12.1 Å². The van der Waals surface area contributed by atoms with Crippen molar-refractivity contribution in [2.45, 2.75) is 39.8 Å². The van der Waals surface area contributed by atoms with Gasteiger partial charge in [-0.2, -0.15) is 5.06 Å². The monoisotopic (exact) mass is 535 g/mol. The van der Waals surface area contributed by atoms with Crippen LogP contribution in [0.15, 0.2) is 66.7 Å². The van der Waals surface area contributed by atoms with Crippen LogP contribution < -0.4 is 14.8 Å². The summed E-state index contributed by atoms with van der Waals surface area (Å²) in [6.45, 7) is 6.70. The molecule has 3 aromatic carbocycles. The molecule has 11 nitrogen and oxygen atoms in total. The van der Waals surface area contributed by atoms with E-state index >= 15 is 0 Å². The van der Waals surface area contributed by atoms with E-state index in [2.05, 4.69) is 5.32 Å². The van der Waals surface area contributed by atoms with Gasteiger partial charge >= 0.3 is 12.1 Å². The van der Waals surface area contributed by atoms with Crippen LogP contribution in [-0.4, -0.2) is 44.8 Å². The lowest BCUT2D eigenvalue weighted by Gasteiger charge is -2.19. The molecule has 39 heavy (non-hydrogen) atoms. The van der Waals surface area contributed by atoms with E-state index in [0.717, 1.165) is 12.5 Å². The summed E-state index contributed by atoms with van der Waals surface area (Å²) in [5.41, 5.74) is 0.352. The Balaban J connectivity index is 1.66. The molecular weight excluding hydrogens is 506 g/mol. The van der Waals surface area contributed by atoms with E-state index in [-0.39, 0.29) is 34.2 Å². The first-order valence-corrected chi connectivity index (χ1v) is 11.8. The number of carbonyl (C=O) groups excluding carboxylic acids is 2. The summed E-state index contributed by atoms with van der Waals surface area (Å²) in [6.07, 6.45) is -0.531. The van der Waals surface area contributed by atoms with Gasteiger partial charge in [-0.25, -0.2) is 9.59 Å². The number of hydroxylamine groups is 2. The van der Waals surface area contributed by atoms with Crippen molar-refractivity contribution < 1.29 is 38.9 Å². The number of hydrogen-bond donors (Lipinski definition) is 4. The summed E-state index contributed by atoms with van der Waals surface area (Å²) < 4.78 is 16.7. The van der Waals surface area contributed by atoms with Crippen molar-refractivity contribution in [2.24, 2.45) is 0 Å². The highest BCUT2D eigenvalue weighted by Gasteiger charge is 2.17. The van der Waals surface area contributed by atoms with Crippen LogP contribution in [0.25, 0.3) is 0 Å². The van der Waals surface area contributed by atoms with Crippen LogP contribution in [0, 0.1) is 5.41 Å². The van der Waals surface area contributed by atoms with Crippen molar-refractivity contribution in [3.8, 4) is 23.0 Å². The lowest BCUT2D eigenvalue weighted by molar-refractivity contribution is -0.146. The summed E-state index contributed by atoms with van der Waals surface area (Å²) in [5.74, 6) is -1.23. The van der Waals surface area contributed by atoms with Gasteiger partial charge in [-0.3, -0.25) is 15.4 Å². The molecule has 0 saturated carbocycles. The van der Waals surface area contributed by atoms with E-state index < -0.39 is 29.4 Å². The largest absolute Gasteiger partial charge is 0.478 e. The number of aromatic carboxylic acids is 1. The number of rotatable bonds is 8. The van der Waals surface area contributed by atoms with Crippen molar-refractivity contribution in [3.05, 3.63) is 83.4 Å². The smallest absolute Gasteiger partial charge is 0.407 e. The molecule has 0 unspecified atom stereocenters. The first-order valence-electron chi connectivity index (χ1n) is 11.8. The van der Waals surface area contributed by atoms with Crippen molar-refractivity contribution in [1.29, 1.82) is 5.41 Å². The molecule has 3 rings (SSSR count). The molecule has 0 spiro atoms. The molecule has 0 aliphatic carbocycles. The summed E-state index contributed by atoms with van der Waals surface area (Å²) >= 11 is 0. The van der Waals surface area contributed by atoms with E-state index in [0.29, 0.717) is 11.5 Å². The van der Waals surface area contributed by atoms with Gasteiger partial charge in [0.25, 0.3) is 0 Å². The number of carbonyl (C=O) groups is 3. The number of carboxylic acids is 1. The minimum absolute atomic E-state index is 0.102. The quantitative estimate of drug-likeness (QED) is 0.126. The number of benzene rings is 3. The molecule has 0 aliphatic rings. The van der Waals surface area contributed by atoms with Gasteiger partial charge in [0.2, 0.25) is 5.91 Å². The van der Waals surface area contributed by atoms with Gasteiger partial charge in [-0.15, -0.1) is 0 Å². The van der Waals surface area contributed by atoms with Crippen LogP contribution in [0.1, 0.15) is 49.2 Å². The molecule has 0 fully saturated rings. The zero-order valence-corrected chi connectivity index (χ0v) is 21.8. The molecule has 0 aliphatic heterocycles. The van der Waals surface area contributed by atoms with Crippen molar-refractivity contribution in [1.82, 2.24) is 10.4 Å². The van der Waals surface area contributed by atoms with E-state index in [1.165, 1.54) is 36.4 Å². The summed E-state index contributed by atoms with van der Waals surface area (Å²) in [7, 11) is 0. The third kappa shape index (κ3) is 8.30. The molecule has 0 bridgehead atoms. The molecule has 11 heteroatoms. The number of carboxylic acid groups (broad SMARTS) is 1. The Morgan fingerprint density at radius 3 is 2.03 bits per heavy atom. The number of hydrogen-bond acceptors (Lipinski definition) is 8. The SMILES string of the molecule is CC(=O)N(O)C(=N)c1ccc(Oc2ccc(Oc3ccc(CNC(=O)OC(C)(C)C)cc3)c(C(=O)O)c2)cc1. The van der Waals surface area contributed by atoms with Crippen molar-refractivity contribution in [2.75, 3.05) is 0 Å². The Bertz CT molecular complexity index is 1360. The number of nitrogens with one attached hydrogen (secondary N) is 2. The Hall–Kier alpha value is -4.90. The number of amides is 2. The average Bonchev–Trinajstić information content (AvgIpc) is 2.87. The molecule has 0 radical (unpaired) electrons. The number of nitrogens with zero attached hydrogens (tertiary/aromatic N) is 1. The second kappa shape index (κ2) is 12.1. The zero-order chi connectivity index (χ0) is 28.7. The molecule has 0 aromatic heterocycles. The first-order chi connectivity index (χ1) is 18.3. The Labute approximate surface area is 225 Å². The van der Waals surface area contributed by atoms with E-state index in [1.807, 2.05) is 0 Å². The van der Waals surface area contributed by atoms with Crippen LogP contribution in [0.3, 0.4) is 0 Å². The molecule has 0 atom stereocenters. The average molecular weight is 536 g/mol. The molecule has 0 heterocycles. The normalized spacial score (nSPS) is 10.8. The van der Waals surface area contributed by atoms with Crippen molar-refractivity contribution in [3.63, 3.8) is 0 Å². The van der Waals surface area contributed by atoms with Crippen molar-refractivity contribution >= 4 is 23.8 Å². The second-order valence-corrected chi connectivity index (χ2v) is 9.37. The third-order valence-electron chi connectivity index (χ3n) is 5.04. The first kappa shape index (κ1) is 28.7. The Morgan fingerprint density at radius 2 is 1.46 bits per heavy atom. The molecule has 2 amide bonds. The summed E-state index contributed by atoms with van der Waals surface area (Å²) in [6, 6.07) is 17.1. The van der Waals surface area contributed by atoms with E-state index in [4.69, 9.17) is 19.6 Å². The number of alkyl carbamates (subject to hydrolysis) is 1. The molecule has 3 aromatic rings. The van der Waals surface area contributed by atoms with E-state index in [9.17, 15) is 24.7 Å². The minimum Gasteiger partial charge on any atom is -0.478 e. The molecular formula is C28H29N3O8. The van der Waals surface area contributed by atoms with Gasteiger partial charge in [0.1, 0.15) is 34.2 Å². The Kier molecular flexibility index (Phi) is 8.89. The fourth-order valence-electron chi connectivity index (χ4n) is 3.22. The van der Waals surface area contributed by atoms with E-state index in [1.54, 1.807) is 51.1 Å². The predicted molar refractivity (Wildman–Crippen MR) is 141 cm³/mol. The van der Waals surface area contributed by atoms with Crippen LogP contribution >= 0.6 is 0 Å². The van der Waals surface area contributed by atoms with Crippen LogP contribution in [-0.2, 0) is 16.1 Å². The predicted octanol–water partition coefficient (Wildman–Crippen LogP) is 5.56. The van der Waals surface area contributed by atoms with Gasteiger partial charge in [0, 0.05) is 19.0 Å². The Morgan fingerprint density at radius 1 is 0.897 bits per heavy atom. The van der Waals surface area contributed by atoms with Gasteiger partial charge in [0.05, 0.1) is 0 Å². The fourth-order valence-corrected chi connectivity index (χ4v) is 3.22. The third-order valence-corrected chi connectivity index (χ3v) is 5.04. The number of ether oxygens (including phenoxy) is 3. The minimum atomic E-state index is -1.22. The van der Waals surface area contributed by atoms with Gasteiger partial charge in [0.15, 0.2) is 5.84 Å². The van der Waals surface area contributed by atoms with Gasteiger partial charge in [-0.05, 0) is 80.9 Å². The lowest BCUT2D eigenvalue weighted by Crippen LogP contribution is -2.32. The molecule has 0 saturated heterocycles. The summed E-state index contributed by atoms with van der Waals surface area (Å²) in [4.78, 5) is 34.9. The highest BCUT2D eigenvalue weighted by atomic mass is 16.6. The fraction of sp³-hybridized carbons (Fsp3) is 0.214. The van der Waals surface area contributed by atoms with Crippen LogP contribution in [0.4, 0.5) is 4.79 Å². The maximum absolute atomic E-state index is 11.9. The maximum Gasteiger partial charge on any atom is 0.407 e. The molecule has 4 N–H and O–H groups in total. The van der Waals surface area contributed by atoms with Crippen LogP contribution in [0.5, 0.6) is 23.0 Å². The highest BCUT2D eigenvalue weighted by Crippen LogP contribution is 2.31. The maximum atomic E-state index is 11.9. The topological polar surface area (TPSA) is 158 Å². The standard InChI is InChI=1S/C28H29N3O8/c1-17(32)31(36)25(29)19-7-11-20(12-8-19)37-22-13-14-24(23(15-22)26(33)34)38-21-9-5-18(6-10-21)16-30-27(35)39-28(2,3)4/h5-15,29,36H,16H2,1-4H3,(H,30,35)(H,33,34). The zero-order valence-electron chi connectivity index (χ0n) is 21.8. The number of amidine groups is 1. The summed E-state index contributed by atoms with van der Waals surface area (Å²) in [5, 5.41) is 30.0. The highest BCUT2D eigenvalue weighted by molar-refractivity contribution is 6.04.